The third-order valence-electron chi connectivity index (χ3n) is 4.53. The van der Waals surface area contributed by atoms with Gasteiger partial charge in [0.2, 0.25) is 0 Å². The van der Waals surface area contributed by atoms with Crippen LogP contribution in [-0.2, 0) is 6.54 Å². The highest BCUT2D eigenvalue weighted by molar-refractivity contribution is 9.10. The number of hydrogen-bond acceptors (Lipinski definition) is 4. The molecule has 2 aromatic rings. The molecule has 3 rings (SSSR count). The molecule has 1 aliphatic rings. The maximum Gasteiger partial charge on any atom is 0.272 e. The van der Waals surface area contributed by atoms with Gasteiger partial charge in [-0.15, -0.1) is 0 Å². The maximum absolute atomic E-state index is 14.8. The van der Waals surface area contributed by atoms with Crippen LogP contribution in [0.15, 0.2) is 15.3 Å². The molecule has 1 fully saturated rings. The molecule has 0 unspecified atom stereocenters. The van der Waals surface area contributed by atoms with E-state index in [2.05, 4.69) is 20.8 Å². The van der Waals surface area contributed by atoms with Crippen LogP contribution in [0.3, 0.4) is 0 Å². The topological polar surface area (TPSA) is 69.3 Å². The van der Waals surface area contributed by atoms with Gasteiger partial charge in [0.15, 0.2) is 11.4 Å². The number of aromatic nitrogens is 1. The lowest BCUT2D eigenvalue weighted by Gasteiger charge is -2.22. The molecular weight excluding hydrogens is 401 g/mol. The minimum atomic E-state index is -0.727. The van der Waals surface area contributed by atoms with Gasteiger partial charge in [-0.05, 0) is 48.4 Å². The number of rotatable bonds is 2. The molecule has 126 valence electrons. The van der Waals surface area contributed by atoms with Gasteiger partial charge >= 0.3 is 0 Å². The Balaban J connectivity index is 2.36. The molecule has 0 spiro atoms. The predicted octanol–water partition coefficient (Wildman–Crippen LogP) is 3.23. The number of nitriles is 1. The number of likely N-dealkylation sites (tertiary alicyclic amines) is 1. The van der Waals surface area contributed by atoms with Gasteiger partial charge in [-0.3, -0.25) is 4.79 Å². The van der Waals surface area contributed by atoms with Crippen molar-refractivity contribution in [3.05, 3.63) is 37.3 Å². The molecule has 8 heteroatoms. The summed E-state index contributed by atoms with van der Waals surface area (Å²) in [5.41, 5.74) is -1.15. The van der Waals surface area contributed by atoms with Crippen LogP contribution in [0.25, 0.3) is 10.9 Å². The standard InChI is InChI=1S/C16H14BrClFN3O2/c1-21-4-2-3-8(21)7-22-14-9(5-11(18)12(17)13(14)19)15(23)10(6-20)16(22)24/h5,8,23H,2-4,7H2,1H3/t8-/m0/s1. The molecule has 0 aliphatic carbocycles. The van der Waals surface area contributed by atoms with E-state index >= 15 is 0 Å². The zero-order chi connectivity index (χ0) is 17.6. The van der Waals surface area contributed by atoms with Crippen molar-refractivity contribution < 1.29 is 9.50 Å². The van der Waals surface area contributed by atoms with E-state index in [1.54, 1.807) is 6.07 Å². The highest BCUT2D eigenvalue weighted by Crippen LogP contribution is 2.36. The summed E-state index contributed by atoms with van der Waals surface area (Å²) in [4.78, 5) is 14.7. The van der Waals surface area contributed by atoms with E-state index in [4.69, 9.17) is 11.6 Å². The summed E-state index contributed by atoms with van der Waals surface area (Å²) in [7, 11) is 1.94. The van der Waals surface area contributed by atoms with Crippen molar-refractivity contribution >= 4 is 38.4 Å². The molecule has 0 saturated carbocycles. The van der Waals surface area contributed by atoms with Gasteiger partial charge in [0.05, 0.1) is 15.0 Å². The molecule has 1 saturated heterocycles. The second-order valence-corrected chi connectivity index (χ2v) is 7.11. The van der Waals surface area contributed by atoms with Gasteiger partial charge in [-0.1, -0.05) is 11.6 Å². The Labute approximate surface area is 151 Å². The first-order valence-corrected chi connectivity index (χ1v) is 8.57. The van der Waals surface area contributed by atoms with Crippen LogP contribution in [0.5, 0.6) is 5.75 Å². The zero-order valence-corrected chi connectivity index (χ0v) is 15.2. The third-order valence-corrected chi connectivity index (χ3v) is 5.84. The van der Waals surface area contributed by atoms with Crippen LogP contribution in [0, 0.1) is 17.1 Å². The fourth-order valence-electron chi connectivity index (χ4n) is 3.20. The second-order valence-electron chi connectivity index (χ2n) is 5.91. The van der Waals surface area contributed by atoms with E-state index in [1.807, 2.05) is 7.05 Å². The highest BCUT2D eigenvalue weighted by Gasteiger charge is 2.26. The molecule has 1 aromatic heterocycles. The summed E-state index contributed by atoms with van der Waals surface area (Å²) in [5.74, 6) is -1.27. The average molecular weight is 415 g/mol. The lowest BCUT2D eigenvalue weighted by atomic mass is 10.1. The van der Waals surface area contributed by atoms with E-state index < -0.39 is 22.7 Å². The molecule has 1 N–H and O–H groups in total. The Morgan fingerprint density at radius 2 is 2.29 bits per heavy atom. The molecule has 1 aliphatic heterocycles. The van der Waals surface area contributed by atoms with E-state index in [9.17, 15) is 19.6 Å². The third kappa shape index (κ3) is 2.59. The molecule has 1 atom stereocenters. The van der Waals surface area contributed by atoms with Crippen molar-refractivity contribution in [2.75, 3.05) is 13.6 Å². The number of aromatic hydroxyl groups is 1. The van der Waals surface area contributed by atoms with Crippen molar-refractivity contribution in [1.82, 2.24) is 9.47 Å². The zero-order valence-electron chi connectivity index (χ0n) is 12.8. The Kier molecular flexibility index (Phi) is 4.56. The van der Waals surface area contributed by atoms with E-state index in [1.165, 1.54) is 10.6 Å². The summed E-state index contributed by atoms with van der Waals surface area (Å²) in [6.07, 6.45) is 1.87. The van der Waals surface area contributed by atoms with E-state index in [0.29, 0.717) is 0 Å². The van der Waals surface area contributed by atoms with Crippen molar-refractivity contribution in [3.63, 3.8) is 0 Å². The summed E-state index contributed by atoms with van der Waals surface area (Å²) in [6.45, 7) is 1.14. The van der Waals surface area contributed by atoms with Gasteiger partial charge in [0.25, 0.3) is 5.56 Å². The molecule has 24 heavy (non-hydrogen) atoms. The van der Waals surface area contributed by atoms with Gasteiger partial charge < -0.3 is 14.6 Å². The van der Waals surface area contributed by atoms with Crippen LogP contribution in [0.4, 0.5) is 4.39 Å². The summed E-state index contributed by atoms with van der Waals surface area (Å²) >= 11 is 9.03. The highest BCUT2D eigenvalue weighted by atomic mass is 79.9. The van der Waals surface area contributed by atoms with Crippen LogP contribution < -0.4 is 5.56 Å². The Bertz CT molecular complexity index is 938. The lowest BCUT2D eigenvalue weighted by Crippen LogP contribution is -2.35. The number of hydrogen-bond donors (Lipinski definition) is 1. The SMILES string of the molecule is CN1CCC[C@H]1Cn1c(=O)c(C#N)c(O)c2cc(Cl)c(Br)c(F)c21. The Morgan fingerprint density at radius 3 is 2.88 bits per heavy atom. The van der Waals surface area contributed by atoms with E-state index in [0.717, 1.165) is 19.4 Å². The largest absolute Gasteiger partial charge is 0.506 e. The molecule has 5 nitrogen and oxygen atoms in total. The average Bonchev–Trinajstić information content (AvgIpc) is 2.95. The van der Waals surface area contributed by atoms with Gasteiger partial charge in [0.1, 0.15) is 11.8 Å². The predicted molar refractivity (Wildman–Crippen MR) is 92.9 cm³/mol. The number of halogens is 3. The monoisotopic (exact) mass is 413 g/mol. The minimum absolute atomic E-state index is 0.0219. The van der Waals surface area contributed by atoms with Crippen molar-refractivity contribution in [2.45, 2.75) is 25.4 Å². The van der Waals surface area contributed by atoms with Gasteiger partial charge in [0, 0.05) is 18.0 Å². The van der Waals surface area contributed by atoms with Gasteiger partial charge in [-0.25, -0.2) is 4.39 Å². The number of likely N-dealkylation sites (N-methyl/N-ethyl adjacent to an activating group) is 1. The van der Waals surface area contributed by atoms with E-state index in [-0.39, 0.29) is 33.0 Å². The molecule has 2 heterocycles. The van der Waals surface area contributed by atoms with Crippen molar-refractivity contribution in [1.29, 1.82) is 5.26 Å². The van der Waals surface area contributed by atoms with Crippen molar-refractivity contribution in [2.24, 2.45) is 0 Å². The number of nitrogens with zero attached hydrogens (tertiary/aromatic N) is 3. The van der Waals surface area contributed by atoms with Gasteiger partial charge in [-0.2, -0.15) is 5.26 Å². The first-order chi connectivity index (χ1) is 11.4. The second kappa shape index (κ2) is 6.36. The van der Waals surface area contributed by atoms with Crippen molar-refractivity contribution in [3.8, 4) is 11.8 Å². The number of pyridine rings is 1. The fraction of sp³-hybridized carbons (Fsp3) is 0.375. The quantitative estimate of drug-likeness (QED) is 0.766. The summed E-state index contributed by atoms with van der Waals surface area (Å²) in [5, 5.41) is 19.6. The normalized spacial score (nSPS) is 18.2. The van der Waals surface area contributed by atoms with Crippen LogP contribution in [-0.4, -0.2) is 34.2 Å². The minimum Gasteiger partial charge on any atom is -0.506 e. The Morgan fingerprint density at radius 1 is 1.58 bits per heavy atom. The number of benzene rings is 1. The first kappa shape index (κ1) is 17.2. The first-order valence-electron chi connectivity index (χ1n) is 7.40. The fourth-order valence-corrected chi connectivity index (χ4v) is 3.69. The molecule has 0 radical (unpaired) electrons. The van der Waals surface area contributed by atoms with Crippen LogP contribution in [0.2, 0.25) is 5.02 Å². The molecule has 1 aromatic carbocycles. The smallest absolute Gasteiger partial charge is 0.272 e. The summed E-state index contributed by atoms with van der Waals surface area (Å²) < 4.78 is 16.0. The molecule has 0 amide bonds. The Hall–Kier alpha value is -1.62. The van der Waals surface area contributed by atoms with Crippen LogP contribution >= 0.6 is 27.5 Å². The summed E-state index contributed by atoms with van der Waals surface area (Å²) in [6, 6.07) is 3.13. The maximum atomic E-state index is 14.8. The lowest BCUT2D eigenvalue weighted by molar-refractivity contribution is 0.281. The molecule has 0 bridgehead atoms. The molecular formula is C16H14BrClFN3O2. The van der Waals surface area contributed by atoms with Crippen LogP contribution in [0.1, 0.15) is 18.4 Å². The number of fused-ring (bicyclic) bond motifs is 1.